The van der Waals surface area contributed by atoms with Crippen molar-refractivity contribution in [2.24, 2.45) is 11.7 Å². The van der Waals surface area contributed by atoms with Gasteiger partial charge in [-0.1, -0.05) is 0 Å². The molecule has 1 heterocycles. The average molecular weight is 376 g/mol. The van der Waals surface area contributed by atoms with Gasteiger partial charge in [-0.15, -0.1) is 0 Å². The molecular formula is C19H28N4O4. The third kappa shape index (κ3) is 6.16. The first-order valence-electron chi connectivity index (χ1n) is 8.99. The van der Waals surface area contributed by atoms with Crippen molar-refractivity contribution in [1.29, 1.82) is 0 Å². The number of hydrogen-bond acceptors (Lipinski definition) is 4. The van der Waals surface area contributed by atoms with E-state index in [9.17, 15) is 14.4 Å². The largest absolute Gasteiger partial charge is 0.444 e. The molecule has 0 spiro atoms. The fraction of sp³-hybridized carbons (Fsp3) is 0.526. The molecule has 0 bridgehead atoms. The molecule has 4 amide bonds. The van der Waals surface area contributed by atoms with Gasteiger partial charge in [0.25, 0.3) is 5.91 Å². The van der Waals surface area contributed by atoms with Gasteiger partial charge in [0.1, 0.15) is 5.60 Å². The van der Waals surface area contributed by atoms with E-state index in [2.05, 4.69) is 10.6 Å². The average Bonchev–Trinajstić information content (AvgIpc) is 2.92. The van der Waals surface area contributed by atoms with E-state index in [1.54, 1.807) is 29.2 Å². The first kappa shape index (κ1) is 20.5. The molecule has 2 atom stereocenters. The summed E-state index contributed by atoms with van der Waals surface area (Å²) in [7, 11) is 0. The van der Waals surface area contributed by atoms with Crippen LogP contribution >= 0.6 is 0 Å². The smallest absolute Gasteiger partial charge is 0.407 e. The van der Waals surface area contributed by atoms with Crippen LogP contribution < -0.4 is 16.4 Å². The fourth-order valence-corrected chi connectivity index (χ4v) is 3.12. The number of alkyl carbamates (subject to hydrolysis) is 1. The summed E-state index contributed by atoms with van der Waals surface area (Å²) in [6, 6.07) is 6.02. The molecule has 1 aromatic carbocycles. The van der Waals surface area contributed by atoms with Gasteiger partial charge in [0.15, 0.2) is 0 Å². The number of benzene rings is 1. The Balaban J connectivity index is 1.90. The molecule has 2 rings (SSSR count). The van der Waals surface area contributed by atoms with Crippen molar-refractivity contribution in [3.05, 3.63) is 29.8 Å². The molecular weight excluding hydrogens is 348 g/mol. The molecule has 0 saturated carbocycles. The van der Waals surface area contributed by atoms with Crippen molar-refractivity contribution in [1.82, 2.24) is 10.2 Å². The highest BCUT2D eigenvalue weighted by atomic mass is 16.6. The minimum Gasteiger partial charge on any atom is -0.444 e. The van der Waals surface area contributed by atoms with Crippen LogP contribution in [-0.4, -0.2) is 47.7 Å². The lowest BCUT2D eigenvalue weighted by Crippen LogP contribution is -2.37. The van der Waals surface area contributed by atoms with Crippen molar-refractivity contribution >= 4 is 23.7 Å². The lowest BCUT2D eigenvalue weighted by molar-refractivity contribution is 0.0520. The van der Waals surface area contributed by atoms with Crippen LogP contribution in [0.2, 0.25) is 0 Å². The van der Waals surface area contributed by atoms with E-state index in [0.717, 1.165) is 6.42 Å². The van der Waals surface area contributed by atoms with Crippen LogP contribution in [-0.2, 0) is 4.74 Å². The molecule has 148 valence electrons. The number of rotatable bonds is 4. The Morgan fingerprint density at radius 3 is 2.41 bits per heavy atom. The summed E-state index contributed by atoms with van der Waals surface area (Å²) in [6.07, 6.45) is 0.362. The van der Waals surface area contributed by atoms with Crippen LogP contribution in [0.4, 0.5) is 15.3 Å². The summed E-state index contributed by atoms with van der Waals surface area (Å²) < 4.78 is 5.24. The zero-order valence-corrected chi connectivity index (χ0v) is 16.2. The Labute approximate surface area is 159 Å². The van der Waals surface area contributed by atoms with Crippen LogP contribution in [0, 0.1) is 5.92 Å². The summed E-state index contributed by atoms with van der Waals surface area (Å²) >= 11 is 0. The highest BCUT2D eigenvalue weighted by Gasteiger charge is 2.33. The first-order chi connectivity index (χ1) is 12.5. The van der Waals surface area contributed by atoms with Gasteiger partial charge in [0.05, 0.1) is 0 Å². The van der Waals surface area contributed by atoms with E-state index in [1.807, 2.05) is 27.7 Å². The molecule has 1 aliphatic rings. The van der Waals surface area contributed by atoms with E-state index in [4.69, 9.17) is 10.5 Å². The van der Waals surface area contributed by atoms with Gasteiger partial charge in [0.2, 0.25) is 0 Å². The van der Waals surface area contributed by atoms with E-state index in [1.165, 1.54) is 0 Å². The second kappa shape index (κ2) is 8.28. The standard InChI is InChI=1S/C19H28N4O4/c1-12-9-13(10-21-18(26)27-19(2,3)4)11-23(12)16(24)14-5-7-15(8-6-14)22-17(20)25/h5-8,12-13H,9-11H2,1-4H3,(H,21,26)(H3,20,22,25)/t12-,13+/m1/s1. The molecule has 1 saturated heterocycles. The van der Waals surface area contributed by atoms with Crippen LogP contribution in [0.15, 0.2) is 24.3 Å². The van der Waals surface area contributed by atoms with Gasteiger partial charge in [0, 0.05) is 30.4 Å². The molecule has 8 heteroatoms. The maximum absolute atomic E-state index is 12.8. The number of primary amides is 1. The van der Waals surface area contributed by atoms with E-state index in [0.29, 0.717) is 24.3 Å². The van der Waals surface area contributed by atoms with Gasteiger partial charge in [-0.25, -0.2) is 9.59 Å². The van der Waals surface area contributed by atoms with Crippen molar-refractivity contribution in [3.63, 3.8) is 0 Å². The number of urea groups is 1. The topological polar surface area (TPSA) is 114 Å². The van der Waals surface area contributed by atoms with E-state index in [-0.39, 0.29) is 17.9 Å². The van der Waals surface area contributed by atoms with E-state index < -0.39 is 17.7 Å². The Hall–Kier alpha value is -2.77. The van der Waals surface area contributed by atoms with Crippen molar-refractivity contribution in [2.75, 3.05) is 18.4 Å². The van der Waals surface area contributed by atoms with Crippen molar-refractivity contribution in [3.8, 4) is 0 Å². The number of hydrogen-bond donors (Lipinski definition) is 3. The molecule has 0 radical (unpaired) electrons. The van der Waals surface area contributed by atoms with Crippen LogP contribution in [0.1, 0.15) is 44.5 Å². The van der Waals surface area contributed by atoms with Gasteiger partial charge in [-0.05, 0) is 64.3 Å². The molecule has 0 unspecified atom stereocenters. The zero-order valence-electron chi connectivity index (χ0n) is 16.2. The number of nitrogens with one attached hydrogen (secondary N) is 2. The third-order valence-corrected chi connectivity index (χ3v) is 4.26. The quantitative estimate of drug-likeness (QED) is 0.749. The molecule has 0 aliphatic carbocycles. The molecule has 1 aromatic rings. The SMILES string of the molecule is C[C@@H]1C[C@@H](CNC(=O)OC(C)(C)C)CN1C(=O)c1ccc(NC(N)=O)cc1. The molecule has 4 N–H and O–H groups in total. The van der Waals surface area contributed by atoms with Crippen LogP contribution in [0.5, 0.6) is 0 Å². The second-order valence-corrected chi connectivity index (χ2v) is 7.86. The molecule has 0 aromatic heterocycles. The summed E-state index contributed by atoms with van der Waals surface area (Å²) in [6.45, 7) is 8.47. The Kier molecular flexibility index (Phi) is 6.30. The second-order valence-electron chi connectivity index (χ2n) is 7.86. The molecule has 1 fully saturated rings. The number of ether oxygens (including phenoxy) is 1. The van der Waals surface area contributed by atoms with Crippen LogP contribution in [0.3, 0.4) is 0 Å². The monoisotopic (exact) mass is 376 g/mol. The van der Waals surface area contributed by atoms with Crippen LogP contribution in [0.25, 0.3) is 0 Å². The highest BCUT2D eigenvalue weighted by Crippen LogP contribution is 2.25. The highest BCUT2D eigenvalue weighted by molar-refractivity contribution is 5.95. The number of nitrogens with zero attached hydrogens (tertiary/aromatic N) is 1. The number of anilines is 1. The normalized spacial score (nSPS) is 19.5. The van der Waals surface area contributed by atoms with Crippen molar-refractivity contribution < 1.29 is 19.1 Å². The van der Waals surface area contributed by atoms with Crippen molar-refractivity contribution in [2.45, 2.75) is 45.8 Å². The summed E-state index contributed by atoms with van der Waals surface area (Å²) in [5.74, 6) is 0.0974. The van der Waals surface area contributed by atoms with Gasteiger partial charge >= 0.3 is 12.1 Å². The fourth-order valence-electron chi connectivity index (χ4n) is 3.12. The molecule has 8 nitrogen and oxygen atoms in total. The summed E-state index contributed by atoms with van der Waals surface area (Å²) in [4.78, 5) is 37.2. The molecule has 1 aliphatic heterocycles. The predicted molar refractivity (Wildman–Crippen MR) is 102 cm³/mol. The lowest BCUT2D eigenvalue weighted by Gasteiger charge is -2.22. The summed E-state index contributed by atoms with van der Waals surface area (Å²) in [5.41, 5.74) is 5.61. The van der Waals surface area contributed by atoms with Gasteiger partial charge < -0.3 is 26.0 Å². The number of nitrogens with two attached hydrogens (primary N) is 1. The number of likely N-dealkylation sites (tertiary alicyclic amines) is 1. The third-order valence-electron chi connectivity index (χ3n) is 4.26. The Morgan fingerprint density at radius 2 is 1.85 bits per heavy atom. The lowest BCUT2D eigenvalue weighted by atomic mass is 10.1. The minimum atomic E-state index is -0.650. The number of amides is 4. The maximum atomic E-state index is 12.8. The van der Waals surface area contributed by atoms with Gasteiger partial charge in [-0.2, -0.15) is 0 Å². The maximum Gasteiger partial charge on any atom is 0.407 e. The van der Waals surface area contributed by atoms with E-state index >= 15 is 0 Å². The van der Waals surface area contributed by atoms with Gasteiger partial charge in [-0.3, -0.25) is 4.79 Å². The zero-order chi connectivity index (χ0) is 20.2. The summed E-state index contributed by atoms with van der Waals surface area (Å²) in [5, 5.41) is 5.24. The number of carbonyl (C=O) groups is 3. The Bertz CT molecular complexity index is 697. The predicted octanol–water partition coefficient (Wildman–Crippen LogP) is 2.55. The number of carbonyl (C=O) groups excluding carboxylic acids is 3. The minimum absolute atomic E-state index is 0.0753. The molecule has 27 heavy (non-hydrogen) atoms. The first-order valence-corrected chi connectivity index (χ1v) is 8.99. The Morgan fingerprint density at radius 1 is 1.22 bits per heavy atom.